The molecule has 1 aromatic carbocycles. The van der Waals surface area contributed by atoms with Crippen LogP contribution in [0, 0.1) is 0 Å². The molecule has 4 heteroatoms. The maximum atomic E-state index is 6.02. The molecule has 1 rings (SSSR count). The number of nitrogens with two attached hydrogens (primary N) is 1. The molecule has 1 aromatic rings. The van der Waals surface area contributed by atoms with Gasteiger partial charge in [0.25, 0.3) is 0 Å². The molecule has 0 radical (unpaired) electrons. The molecule has 0 spiro atoms. The van der Waals surface area contributed by atoms with Gasteiger partial charge in [-0.05, 0) is 12.5 Å². The summed E-state index contributed by atoms with van der Waals surface area (Å²) >= 11 is 6.02. The summed E-state index contributed by atoms with van der Waals surface area (Å²) in [6.07, 6.45) is 0.832. The number of methoxy groups -OCH3 is 2. The lowest BCUT2D eigenvalue weighted by Gasteiger charge is -2.16. The molecule has 0 aliphatic carbocycles. The van der Waals surface area contributed by atoms with Crippen molar-refractivity contribution in [1.29, 1.82) is 0 Å². The third-order valence-corrected chi connectivity index (χ3v) is 2.64. The molecule has 0 amide bonds. The molecular formula is C11H16ClNO2. The highest BCUT2D eigenvalue weighted by molar-refractivity contribution is 6.32. The number of hydrogen-bond donors (Lipinski definition) is 1. The highest BCUT2D eigenvalue weighted by Gasteiger charge is 2.14. The molecule has 0 aliphatic heterocycles. The van der Waals surface area contributed by atoms with Gasteiger partial charge in [-0.3, -0.25) is 0 Å². The van der Waals surface area contributed by atoms with Gasteiger partial charge in [-0.2, -0.15) is 0 Å². The summed E-state index contributed by atoms with van der Waals surface area (Å²) in [6, 6.07) is 3.49. The van der Waals surface area contributed by atoms with E-state index in [1.54, 1.807) is 26.4 Å². The highest BCUT2D eigenvalue weighted by Crippen LogP contribution is 2.35. The predicted octanol–water partition coefficient (Wildman–Crippen LogP) is 2.77. The van der Waals surface area contributed by atoms with Crippen LogP contribution in [0.25, 0.3) is 0 Å². The van der Waals surface area contributed by atoms with Crippen LogP contribution in [0.2, 0.25) is 5.02 Å². The first-order valence-corrected chi connectivity index (χ1v) is 5.18. The van der Waals surface area contributed by atoms with Crippen LogP contribution >= 0.6 is 11.6 Å². The van der Waals surface area contributed by atoms with Crippen LogP contribution in [0.4, 0.5) is 0 Å². The van der Waals surface area contributed by atoms with Gasteiger partial charge in [0.2, 0.25) is 0 Å². The Morgan fingerprint density at radius 1 is 1.27 bits per heavy atom. The Morgan fingerprint density at radius 2 is 1.87 bits per heavy atom. The summed E-state index contributed by atoms with van der Waals surface area (Å²) in [5, 5.41) is 0.553. The molecule has 0 aromatic heterocycles. The zero-order valence-electron chi connectivity index (χ0n) is 9.21. The minimum absolute atomic E-state index is 0.0663. The van der Waals surface area contributed by atoms with Crippen LogP contribution in [0.15, 0.2) is 12.1 Å². The van der Waals surface area contributed by atoms with E-state index in [0.29, 0.717) is 16.5 Å². The van der Waals surface area contributed by atoms with Crippen LogP contribution in [0.5, 0.6) is 11.5 Å². The fourth-order valence-corrected chi connectivity index (χ4v) is 1.64. The summed E-state index contributed by atoms with van der Waals surface area (Å²) in [5.74, 6) is 1.31. The highest BCUT2D eigenvalue weighted by atomic mass is 35.5. The maximum Gasteiger partial charge on any atom is 0.141 e. The Balaban J connectivity index is 3.21. The summed E-state index contributed by atoms with van der Waals surface area (Å²) in [7, 11) is 3.18. The van der Waals surface area contributed by atoms with Crippen molar-refractivity contribution in [2.75, 3.05) is 14.2 Å². The average molecular weight is 230 g/mol. The SMILES string of the molecule is CCC(N)c1cc(Cl)c(OC)cc1OC. The molecule has 0 heterocycles. The van der Waals surface area contributed by atoms with Gasteiger partial charge in [0.05, 0.1) is 19.2 Å². The summed E-state index contributed by atoms with van der Waals surface area (Å²) < 4.78 is 10.4. The first-order chi connectivity index (χ1) is 7.13. The van der Waals surface area contributed by atoms with Gasteiger partial charge in [-0.1, -0.05) is 18.5 Å². The van der Waals surface area contributed by atoms with Gasteiger partial charge in [-0.15, -0.1) is 0 Å². The summed E-state index contributed by atoms with van der Waals surface area (Å²) in [6.45, 7) is 2.02. The molecule has 0 saturated heterocycles. The van der Waals surface area contributed by atoms with E-state index >= 15 is 0 Å². The third kappa shape index (κ3) is 2.55. The van der Waals surface area contributed by atoms with Crippen molar-refractivity contribution in [1.82, 2.24) is 0 Å². The lowest BCUT2D eigenvalue weighted by molar-refractivity contribution is 0.388. The third-order valence-electron chi connectivity index (χ3n) is 2.34. The largest absolute Gasteiger partial charge is 0.496 e. The number of halogens is 1. The second-order valence-electron chi connectivity index (χ2n) is 3.24. The monoisotopic (exact) mass is 229 g/mol. The van der Waals surface area contributed by atoms with Crippen LogP contribution in [-0.4, -0.2) is 14.2 Å². The van der Waals surface area contributed by atoms with Crippen molar-refractivity contribution >= 4 is 11.6 Å². The zero-order valence-corrected chi connectivity index (χ0v) is 9.97. The number of benzene rings is 1. The van der Waals surface area contributed by atoms with Crippen LogP contribution < -0.4 is 15.2 Å². The lowest BCUT2D eigenvalue weighted by Crippen LogP contribution is -2.10. The van der Waals surface area contributed by atoms with Crippen LogP contribution in [0.3, 0.4) is 0 Å². The fraction of sp³-hybridized carbons (Fsp3) is 0.455. The first-order valence-electron chi connectivity index (χ1n) is 4.81. The fourth-order valence-electron chi connectivity index (χ4n) is 1.39. The Hall–Kier alpha value is -0.930. The molecule has 3 nitrogen and oxygen atoms in total. The van der Waals surface area contributed by atoms with E-state index in [4.69, 9.17) is 26.8 Å². The van der Waals surface area contributed by atoms with E-state index in [0.717, 1.165) is 12.0 Å². The first kappa shape index (κ1) is 12.1. The summed E-state index contributed by atoms with van der Waals surface area (Å²) in [5.41, 5.74) is 6.86. The molecule has 2 N–H and O–H groups in total. The van der Waals surface area contributed by atoms with Crippen molar-refractivity contribution in [2.45, 2.75) is 19.4 Å². The zero-order chi connectivity index (χ0) is 11.4. The summed E-state index contributed by atoms with van der Waals surface area (Å²) in [4.78, 5) is 0. The van der Waals surface area contributed by atoms with Crippen molar-refractivity contribution < 1.29 is 9.47 Å². The molecule has 0 aliphatic rings. The quantitative estimate of drug-likeness (QED) is 0.864. The number of hydrogen-bond acceptors (Lipinski definition) is 3. The van der Waals surface area contributed by atoms with Crippen molar-refractivity contribution in [3.63, 3.8) is 0 Å². The van der Waals surface area contributed by atoms with E-state index in [1.165, 1.54) is 0 Å². The topological polar surface area (TPSA) is 44.5 Å². The normalized spacial score (nSPS) is 12.3. The minimum atomic E-state index is -0.0663. The molecule has 15 heavy (non-hydrogen) atoms. The Labute approximate surface area is 95.1 Å². The van der Waals surface area contributed by atoms with Gasteiger partial charge in [-0.25, -0.2) is 0 Å². The van der Waals surface area contributed by atoms with E-state index in [2.05, 4.69) is 0 Å². The maximum absolute atomic E-state index is 6.02. The molecule has 84 valence electrons. The Bertz CT molecular complexity index is 342. The van der Waals surface area contributed by atoms with Crippen molar-refractivity contribution in [2.24, 2.45) is 5.73 Å². The van der Waals surface area contributed by atoms with E-state index in [-0.39, 0.29) is 6.04 Å². The van der Waals surface area contributed by atoms with Gasteiger partial charge < -0.3 is 15.2 Å². The van der Waals surface area contributed by atoms with Gasteiger partial charge in [0.15, 0.2) is 0 Å². The molecule has 1 atom stereocenters. The Morgan fingerprint density at radius 3 is 2.33 bits per heavy atom. The van der Waals surface area contributed by atoms with Crippen LogP contribution in [-0.2, 0) is 0 Å². The average Bonchev–Trinajstić information content (AvgIpc) is 2.27. The smallest absolute Gasteiger partial charge is 0.141 e. The number of ether oxygens (including phenoxy) is 2. The van der Waals surface area contributed by atoms with Crippen LogP contribution in [0.1, 0.15) is 24.9 Å². The molecule has 1 unspecified atom stereocenters. The molecular weight excluding hydrogens is 214 g/mol. The second kappa shape index (κ2) is 5.24. The standard InChI is InChI=1S/C11H16ClNO2/c1-4-9(13)7-5-8(12)11(15-3)6-10(7)14-2/h5-6,9H,4,13H2,1-3H3. The van der Waals surface area contributed by atoms with Crippen molar-refractivity contribution in [3.8, 4) is 11.5 Å². The van der Waals surface area contributed by atoms with Gasteiger partial charge in [0, 0.05) is 17.7 Å². The molecule has 0 bridgehead atoms. The minimum Gasteiger partial charge on any atom is -0.496 e. The van der Waals surface area contributed by atoms with E-state index in [1.807, 2.05) is 6.92 Å². The van der Waals surface area contributed by atoms with Crippen molar-refractivity contribution in [3.05, 3.63) is 22.7 Å². The predicted molar refractivity (Wildman–Crippen MR) is 61.8 cm³/mol. The van der Waals surface area contributed by atoms with E-state index < -0.39 is 0 Å². The van der Waals surface area contributed by atoms with E-state index in [9.17, 15) is 0 Å². The second-order valence-corrected chi connectivity index (χ2v) is 3.65. The lowest BCUT2D eigenvalue weighted by atomic mass is 10.0. The number of rotatable bonds is 4. The molecule has 0 fully saturated rings. The Kier molecular flexibility index (Phi) is 4.24. The van der Waals surface area contributed by atoms with Gasteiger partial charge >= 0.3 is 0 Å². The van der Waals surface area contributed by atoms with Gasteiger partial charge in [0.1, 0.15) is 11.5 Å². The molecule has 0 saturated carbocycles.